The lowest BCUT2D eigenvalue weighted by Crippen LogP contribution is -2.26. The fourth-order valence-electron chi connectivity index (χ4n) is 2.65. The number of thiazole rings is 1. The summed E-state index contributed by atoms with van der Waals surface area (Å²) in [4.78, 5) is 27.6. The smallest absolute Gasteiger partial charge is 0.345 e. The topological polar surface area (TPSA) is 84.2 Å². The molecule has 7 heteroatoms. The maximum atomic E-state index is 12.4. The Bertz CT molecular complexity index is 1160. The summed E-state index contributed by atoms with van der Waals surface area (Å²) in [6.45, 7) is 1.39. The number of hydrogen-bond acceptors (Lipinski definition) is 6. The van der Waals surface area contributed by atoms with E-state index >= 15 is 0 Å². The number of nitrogens with one attached hydrogen (secondary N) is 2. The van der Waals surface area contributed by atoms with Crippen molar-refractivity contribution >= 4 is 44.1 Å². The highest BCUT2D eigenvalue weighted by Gasteiger charge is 2.13. The maximum Gasteiger partial charge on any atom is 0.345 e. The van der Waals surface area contributed by atoms with E-state index < -0.39 is 5.63 Å². The molecule has 1 amide bonds. The molecule has 0 aliphatic heterocycles. The summed E-state index contributed by atoms with van der Waals surface area (Å²) in [6.07, 6.45) is 0. The van der Waals surface area contributed by atoms with E-state index in [0.717, 1.165) is 16.2 Å². The Balaban J connectivity index is 1.84. The van der Waals surface area contributed by atoms with Crippen LogP contribution in [0.25, 0.3) is 33.0 Å². The summed E-state index contributed by atoms with van der Waals surface area (Å²) in [5, 5.41) is 5.17. The monoisotopic (exact) mass is 351 g/mol. The van der Waals surface area contributed by atoms with Gasteiger partial charge in [-0.15, -0.1) is 11.3 Å². The van der Waals surface area contributed by atoms with Crippen molar-refractivity contribution in [2.24, 2.45) is 0 Å². The number of nitrogens with zero attached hydrogens (tertiary/aromatic N) is 1. The predicted octanol–water partition coefficient (Wildman–Crippen LogP) is 3.53. The normalized spacial score (nSPS) is 10.9. The van der Waals surface area contributed by atoms with E-state index in [1.165, 1.54) is 18.3 Å². The van der Waals surface area contributed by atoms with Gasteiger partial charge in [0.05, 0.1) is 11.3 Å². The zero-order valence-electron chi connectivity index (χ0n) is 13.2. The molecule has 0 spiro atoms. The Hall–Kier alpha value is -3.19. The van der Waals surface area contributed by atoms with Crippen molar-refractivity contribution in [3.63, 3.8) is 0 Å². The molecule has 2 N–H and O–H groups in total. The van der Waals surface area contributed by atoms with Gasteiger partial charge in [-0.25, -0.2) is 9.78 Å². The quantitative estimate of drug-likeness (QED) is 0.335. The molecule has 0 bridgehead atoms. The van der Waals surface area contributed by atoms with Crippen molar-refractivity contribution in [2.75, 3.05) is 5.43 Å². The number of hydrazine groups is 1. The van der Waals surface area contributed by atoms with Crippen LogP contribution in [0.3, 0.4) is 0 Å². The fourth-order valence-corrected chi connectivity index (χ4v) is 3.31. The van der Waals surface area contributed by atoms with E-state index in [9.17, 15) is 9.59 Å². The molecule has 2 heterocycles. The number of anilines is 1. The zero-order valence-corrected chi connectivity index (χ0v) is 14.0. The van der Waals surface area contributed by atoms with Gasteiger partial charge < -0.3 is 4.42 Å². The van der Waals surface area contributed by atoms with Crippen LogP contribution in [0.2, 0.25) is 0 Å². The van der Waals surface area contributed by atoms with E-state index in [-0.39, 0.29) is 5.91 Å². The van der Waals surface area contributed by atoms with Gasteiger partial charge in [0, 0.05) is 17.7 Å². The second kappa shape index (κ2) is 6.03. The van der Waals surface area contributed by atoms with Crippen LogP contribution in [0.1, 0.15) is 6.92 Å². The van der Waals surface area contributed by atoms with E-state index in [0.29, 0.717) is 22.0 Å². The lowest BCUT2D eigenvalue weighted by atomic mass is 10.0. The molecule has 0 saturated carbocycles. The van der Waals surface area contributed by atoms with Crippen LogP contribution in [0.5, 0.6) is 0 Å². The lowest BCUT2D eigenvalue weighted by Gasteiger charge is -2.04. The molecule has 0 radical (unpaired) electrons. The van der Waals surface area contributed by atoms with Gasteiger partial charge in [-0.05, 0) is 22.9 Å². The summed E-state index contributed by atoms with van der Waals surface area (Å²) in [5.74, 6) is -0.228. The number of benzene rings is 2. The van der Waals surface area contributed by atoms with Crippen LogP contribution in [-0.4, -0.2) is 10.9 Å². The predicted molar refractivity (Wildman–Crippen MR) is 98.5 cm³/mol. The van der Waals surface area contributed by atoms with Gasteiger partial charge in [-0.1, -0.05) is 30.3 Å². The van der Waals surface area contributed by atoms with Crippen molar-refractivity contribution < 1.29 is 9.21 Å². The summed E-state index contributed by atoms with van der Waals surface area (Å²) in [5.41, 5.74) is 6.13. The van der Waals surface area contributed by atoms with Crippen LogP contribution >= 0.6 is 11.3 Å². The third-order valence-corrected chi connectivity index (χ3v) is 4.53. The van der Waals surface area contributed by atoms with Crippen molar-refractivity contribution in [3.05, 3.63) is 58.3 Å². The number of rotatable bonds is 3. The summed E-state index contributed by atoms with van der Waals surface area (Å²) in [7, 11) is 0. The summed E-state index contributed by atoms with van der Waals surface area (Å²) in [6, 6.07) is 13.5. The Morgan fingerprint density at radius 1 is 1.16 bits per heavy atom. The molecule has 2 aromatic carbocycles. The molecule has 0 atom stereocenters. The maximum absolute atomic E-state index is 12.4. The number of amides is 1. The molecule has 2 aromatic heterocycles. The molecule has 25 heavy (non-hydrogen) atoms. The van der Waals surface area contributed by atoms with Gasteiger partial charge in [0.2, 0.25) is 11.0 Å². The third-order valence-electron chi connectivity index (χ3n) is 3.77. The van der Waals surface area contributed by atoms with Gasteiger partial charge in [-0.2, -0.15) is 0 Å². The van der Waals surface area contributed by atoms with E-state index in [4.69, 9.17) is 4.42 Å². The molecule has 4 rings (SSSR count). The van der Waals surface area contributed by atoms with Gasteiger partial charge >= 0.3 is 5.63 Å². The zero-order chi connectivity index (χ0) is 17.4. The second-order valence-electron chi connectivity index (χ2n) is 5.49. The van der Waals surface area contributed by atoms with Gasteiger partial charge in [0.1, 0.15) is 5.58 Å². The van der Waals surface area contributed by atoms with Gasteiger partial charge in [0.25, 0.3) is 0 Å². The number of carbonyl (C=O) groups excluding carboxylic acids is 1. The molecule has 0 aliphatic rings. The van der Waals surface area contributed by atoms with Crippen LogP contribution in [0.15, 0.2) is 57.1 Å². The number of hydrogen-bond donors (Lipinski definition) is 2. The first kappa shape index (κ1) is 15.3. The van der Waals surface area contributed by atoms with Crippen LogP contribution in [0, 0.1) is 0 Å². The average Bonchev–Trinajstić information content (AvgIpc) is 3.08. The highest BCUT2D eigenvalue weighted by atomic mass is 32.1. The molecular weight excluding hydrogens is 338 g/mol. The molecule has 6 nitrogen and oxygen atoms in total. The Kier molecular flexibility index (Phi) is 3.70. The molecule has 0 aliphatic carbocycles. The van der Waals surface area contributed by atoms with E-state index in [1.54, 1.807) is 17.5 Å². The van der Waals surface area contributed by atoms with Crippen molar-refractivity contribution in [3.8, 4) is 11.3 Å². The summed E-state index contributed by atoms with van der Waals surface area (Å²) >= 11 is 1.29. The molecule has 124 valence electrons. The average molecular weight is 351 g/mol. The van der Waals surface area contributed by atoms with Crippen LogP contribution < -0.4 is 16.5 Å². The number of aromatic nitrogens is 1. The van der Waals surface area contributed by atoms with E-state index in [1.807, 2.05) is 30.3 Å². The van der Waals surface area contributed by atoms with Crippen LogP contribution in [0.4, 0.5) is 5.13 Å². The first-order valence-electron chi connectivity index (χ1n) is 7.56. The first-order chi connectivity index (χ1) is 12.1. The number of fused-ring (bicyclic) bond motifs is 3. The minimum absolute atomic E-state index is 0.228. The van der Waals surface area contributed by atoms with Gasteiger partial charge in [-0.3, -0.25) is 15.6 Å². The van der Waals surface area contributed by atoms with Crippen molar-refractivity contribution in [2.45, 2.75) is 6.92 Å². The standard InChI is InChI=1S/C18H13N3O3S/c1-10(22)20-21-18-19-15(9-25-18)14-8-13-12-5-3-2-4-11(12)6-7-16(13)24-17(14)23/h2-9H,1H3,(H,19,21)(H,20,22). The molecule has 0 unspecified atom stereocenters. The Labute approximate surface area is 146 Å². The highest BCUT2D eigenvalue weighted by molar-refractivity contribution is 7.14. The van der Waals surface area contributed by atoms with Crippen molar-refractivity contribution in [1.29, 1.82) is 0 Å². The lowest BCUT2D eigenvalue weighted by molar-refractivity contribution is -0.118. The highest BCUT2D eigenvalue weighted by Crippen LogP contribution is 2.29. The molecule has 0 saturated heterocycles. The molecule has 0 fully saturated rings. The largest absolute Gasteiger partial charge is 0.422 e. The van der Waals surface area contributed by atoms with E-state index in [2.05, 4.69) is 15.8 Å². The minimum atomic E-state index is -0.445. The second-order valence-corrected chi connectivity index (χ2v) is 6.35. The fraction of sp³-hybridized carbons (Fsp3) is 0.0556. The van der Waals surface area contributed by atoms with Gasteiger partial charge in [0.15, 0.2) is 0 Å². The SMILES string of the molecule is CC(=O)NNc1nc(-c2cc3c(ccc4ccccc43)oc2=O)cs1. The Morgan fingerprint density at radius 3 is 2.84 bits per heavy atom. The number of carbonyl (C=O) groups is 1. The molecular formula is C18H13N3O3S. The Morgan fingerprint density at radius 2 is 2.00 bits per heavy atom. The first-order valence-corrected chi connectivity index (χ1v) is 8.44. The third kappa shape index (κ3) is 2.85. The minimum Gasteiger partial charge on any atom is -0.422 e. The van der Waals surface area contributed by atoms with Crippen molar-refractivity contribution in [1.82, 2.24) is 10.4 Å². The van der Waals surface area contributed by atoms with Crippen LogP contribution in [-0.2, 0) is 4.79 Å². The summed E-state index contributed by atoms with van der Waals surface area (Å²) < 4.78 is 5.48. The molecule has 4 aromatic rings.